The number of aryl methyl sites for hydroxylation is 1. The lowest BCUT2D eigenvalue weighted by Gasteiger charge is -2.36. The molecule has 1 aromatic rings. The molecule has 0 bridgehead atoms. The standard InChI is InChI=1S/C13H17NO2/c1-8-4-5-10-9(6-8)11(12(15)16)14-7-13(10,2)3/h4-6,11,14H,7H2,1-3H3,(H,15,16)/t11-/m1/s1. The summed E-state index contributed by atoms with van der Waals surface area (Å²) in [4.78, 5) is 11.2. The molecule has 16 heavy (non-hydrogen) atoms. The molecule has 3 heteroatoms. The first-order valence-electron chi connectivity index (χ1n) is 5.49. The maximum Gasteiger partial charge on any atom is 0.325 e. The number of benzene rings is 1. The highest BCUT2D eigenvalue weighted by Gasteiger charge is 2.35. The van der Waals surface area contributed by atoms with Gasteiger partial charge < -0.3 is 5.11 Å². The molecule has 0 saturated heterocycles. The highest BCUT2D eigenvalue weighted by Crippen LogP contribution is 2.34. The highest BCUT2D eigenvalue weighted by atomic mass is 16.4. The van der Waals surface area contributed by atoms with Gasteiger partial charge in [0, 0.05) is 12.0 Å². The SMILES string of the molecule is Cc1ccc2c(c1)[C@H](C(=O)O)NCC2(C)C. The molecule has 0 unspecified atom stereocenters. The van der Waals surface area contributed by atoms with Crippen molar-refractivity contribution in [2.45, 2.75) is 32.2 Å². The first-order chi connectivity index (χ1) is 7.42. The first-order valence-corrected chi connectivity index (χ1v) is 5.49. The van der Waals surface area contributed by atoms with Crippen molar-refractivity contribution in [3.8, 4) is 0 Å². The topological polar surface area (TPSA) is 49.3 Å². The Kier molecular flexibility index (Phi) is 2.50. The molecule has 1 aromatic carbocycles. The fourth-order valence-electron chi connectivity index (χ4n) is 2.32. The van der Waals surface area contributed by atoms with Crippen LogP contribution in [0.1, 0.15) is 36.6 Å². The third-order valence-electron chi connectivity index (χ3n) is 3.24. The van der Waals surface area contributed by atoms with Crippen LogP contribution in [0, 0.1) is 6.92 Å². The summed E-state index contributed by atoms with van der Waals surface area (Å²) in [5.41, 5.74) is 3.15. The van der Waals surface area contributed by atoms with Gasteiger partial charge in [0.1, 0.15) is 6.04 Å². The normalized spacial score (nSPS) is 22.6. The van der Waals surface area contributed by atoms with Crippen molar-refractivity contribution in [2.75, 3.05) is 6.54 Å². The number of aliphatic carboxylic acids is 1. The van der Waals surface area contributed by atoms with Crippen LogP contribution in [0.15, 0.2) is 18.2 Å². The van der Waals surface area contributed by atoms with E-state index in [0.29, 0.717) is 6.54 Å². The predicted octanol–water partition coefficient (Wildman–Crippen LogP) is 2.00. The summed E-state index contributed by atoms with van der Waals surface area (Å²) in [6.45, 7) is 6.94. The van der Waals surface area contributed by atoms with Crippen LogP contribution >= 0.6 is 0 Å². The van der Waals surface area contributed by atoms with Gasteiger partial charge in [-0.3, -0.25) is 10.1 Å². The molecule has 2 N–H and O–H groups in total. The number of carbonyl (C=O) groups is 1. The van der Waals surface area contributed by atoms with Crippen LogP contribution in [0.4, 0.5) is 0 Å². The van der Waals surface area contributed by atoms with Crippen LogP contribution in [-0.2, 0) is 10.2 Å². The molecule has 86 valence electrons. The van der Waals surface area contributed by atoms with Crippen LogP contribution in [0.3, 0.4) is 0 Å². The van der Waals surface area contributed by atoms with Gasteiger partial charge in [-0.2, -0.15) is 0 Å². The number of hydrogen-bond acceptors (Lipinski definition) is 2. The van der Waals surface area contributed by atoms with E-state index in [9.17, 15) is 9.90 Å². The molecule has 1 aliphatic rings. The van der Waals surface area contributed by atoms with Crippen LogP contribution in [0.25, 0.3) is 0 Å². The average molecular weight is 219 g/mol. The van der Waals surface area contributed by atoms with Gasteiger partial charge in [-0.25, -0.2) is 0 Å². The van der Waals surface area contributed by atoms with Gasteiger partial charge in [0.05, 0.1) is 0 Å². The van der Waals surface area contributed by atoms with E-state index in [-0.39, 0.29) is 5.41 Å². The van der Waals surface area contributed by atoms with Crippen molar-refractivity contribution in [1.29, 1.82) is 0 Å². The Labute approximate surface area is 95.5 Å². The van der Waals surface area contributed by atoms with Gasteiger partial charge in [-0.15, -0.1) is 0 Å². The molecule has 0 saturated carbocycles. The van der Waals surface area contributed by atoms with Crippen LogP contribution in [0.5, 0.6) is 0 Å². The minimum absolute atomic E-state index is 0.00498. The smallest absolute Gasteiger partial charge is 0.325 e. The fourth-order valence-corrected chi connectivity index (χ4v) is 2.32. The lowest BCUT2D eigenvalue weighted by molar-refractivity contribution is -0.140. The second kappa shape index (κ2) is 3.59. The minimum Gasteiger partial charge on any atom is -0.480 e. The van der Waals surface area contributed by atoms with E-state index in [1.807, 2.05) is 19.1 Å². The zero-order chi connectivity index (χ0) is 11.9. The van der Waals surface area contributed by atoms with Gasteiger partial charge in [0.25, 0.3) is 0 Å². The zero-order valence-corrected chi connectivity index (χ0v) is 9.87. The summed E-state index contributed by atoms with van der Waals surface area (Å²) < 4.78 is 0. The Bertz CT molecular complexity index is 438. The van der Waals surface area contributed by atoms with Crippen LogP contribution in [0.2, 0.25) is 0 Å². The molecule has 0 fully saturated rings. The Balaban J connectivity index is 2.58. The molecule has 1 aliphatic heterocycles. The Morgan fingerprint density at radius 2 is 2.19 bits per heavy atom. The van der Waals surface area contributed by atoms with Crippen molar-refractivity contribution < 1.29 is 9.90 Å². The number of rotatable bonds is 1. The van der Waals surface area contributed by atoms with Crippen LogP contribution in [-0.4, -0.2) is 17.6 Å². The summed E-state index contributed by atoms with van der Waals surface area (Å²) in [5, 5.41) is 12.3. The second-order valence-corrected chi connectivity index (χ2v) is 5.13. The summed E-state index contributed by atoms with van der Waals surface area (Å²) in [5.74, 6) is -0.803. The van der Waals surface area contributed by atoms with Gasteiger partial charge in [0.15, 0.2) is 0 Å². The number of nitrogens with one attached hydrogen (secondary N) is 1. The van der Waals surface area contributed by atoms with Gasteiger partial charge in [-0.05, 0) is 18.1 Å². The lowest BCUT2D eigenvalue weighted by Crippen LogP contribution is -2.44. The van der Waals surface area contributed by atoms with Crippen molar-refractivity contribution in [3.05, 3.63) is 34.9 Å². The largest absolute Gasteiger partial charge is 0.480 e. The van der Waals surface area contributed by atoms with Gasteiger partial charge in [-0.1, -0.05) is 37.6 Å². The van der Waals surface area contributed by atoms with E-state index in [1.54, 1.807) is 0 Å². The second-order valence-electron chi connectivity index (χ2n) is 5.13. The average Bonchev–Trinajstić information content (AvgIpc) is 2.16. The molecule has 0 aromatic heterocycles. The fraction of sp³-hybridized carbons (Fsp3) is 0.462. The molecule has 0 aliphatic carbocycles. The molecule has 0 radical (unpaired) electrons. The summed E-state index contributed by atoms with van der Waals surface area (Å²) in [7, 11) is 0. The number of fused-ring (bicyclic) bond motifs is 1. The number of carboxylic acid groups (broad SMARTS) is 1. The van der Waals surface area contributed by atoms with Crippen molar-refractivity contribution in [2.24, 2.45) is 0 Å². The lowest BCUT2D eigenvalue weighted by atomic mass is 9.76. The third kappa shape index (κ3) is 1.71. The van der Waals surface area contributed by atoms with Crippen molar-refractivity contribution in [1.82, 2.24) is 5.32 Å². The number of hydrogen-bond donors (Lipinski definition) is 2. The molecule has 1 atom stereocenters. The number of carboxylic acids is 1. The third-order valence-corrected chi connectivity index (χ3v) is 3.24. The molecular formula is C13H17NO2. The molecule has 1 heterocycles. The summed E-state index contributed by atoms with van der Waals surface area (Å²) in [6, 6.07) is 5.51. The Morgan fingerprint density at radius 3 is 2.81 bits per heavy atom. The van der Waals surface area contributed by atoms with E-state index in [2.05, 4.69) is 25.2 Å². The first kappa shape index (κ1) is 11.1. The zero-order valence-electron chi connectivity index (χ0n) is 9.87. The van der Waals surface area contributed by atoms with Crippen molar-refractivity contribution >= 4 is 5.97 Å². The molecule has 0 amide bonds. The summed E-state index contributed by atoms with van der Waals surface area (Å²) >= 11 is 0. The quantitative estimate of drug-likeness (QED) is 0.759. The Hall–Kier alpha value is -1.35. The maximum atomic E-state index is 11.2. The predicted molar refractivity (Wildman–Crippen MR) is 62.6 cm³/mol. The maximum absolute atomic E-state index is 11.2. The molecular weight excluding hydrogens is 202 g/mol. The minimum atomic E-state index is -0.803. The molecule has 2 rings (SSSR count). The van der Waals surface area contributed by atoms with E-state index in [0.717, 1.165) is 16.7 Å². The van der Waals surface area contributed by atoms with E-state index >= 15 is 0 Å². The van der Waals surface area contributed by atoms with Crippen LogP contribution < -0.4 is 5.32 Å². The Morgan fingerprint density at radius 1 is 1.50 bits per heavy atom. The molecule has 3 nitrogen and oxygen atoms in total. The van der Waals surface area contributed by atoms with E-state index in [1.165, 1.54) is 0 Å². The summed E-state index contributed by atoms with van der Waals surface area (Å²) in [6.07, 6.45) is 0. The van der Waals surface area contributed by atoms with E-state index < -0.39 is 12.0 Å². The van der Waals surface area contributed by atoms with Crippen molar-refractivity contribution in [3.63, 3.8) is 0 Å². The van der Waals surface area contributed by atoms with Gasteiger partial charge in [0.2, 0.25) is 0 Å². The van der Waals surface area contributed by atoms with Gasteiger partial charge >= 0.3 is 5.97 Å². The highest BCUT2D eigenvalue weighted by molar-refractivity contribution is 5.77. The van der Waals surface area contributed by atoms with E-state index in [4.69, 9.17) is 0 Å². The monoisotopic (exact) mass is 219 g/mol. The molecule has 0 spiro atoms.